The highest BCUT2D eigenvalue weighted by molar-refractivity contribution is 5.33. The van der Waals surface area contributed by atoms with Gasteiger partial charge in [-0.05, 0) is 24.3 Å². The molecule has 2 rings (SSSR count). The fourth-order valence-corrected chi connectivity index (χ4v) is 1.48. The fraction of sp³-hybridized carbons (Fsp3) is 0.0714. The molecular formula is C14H8F3NO. The number of nitrogens with zero attached hydrogens (tertiary/aromatic N) is 1. The van der Waals surface area contributed by atoms with Gasteiger partial charge in [-0.25, -0.2) is 13.2 Å². The standard InChI is InChI=1S/C14H8F3NO/c15-11-3-4-12(16)14(6-11)19-8-10-2-1-9(7-18)5-13(10)17/h1-6H,8H2. The maximum atomic E-state index is 13.5. The Kier molecular flexibility index (Phi) is 3.71. The van der Waals surface area contributed by atoms with Crippen LogP contribution in [0, 0.1) is 28.8 Å². The summed E-state index contributed by atoms with van der Waals surface area (Å²) in [5.41, 5.74) is 0.334. The maximum Gasteiger partial charge on any atom is 0.165 e. The van der Waals surface area contributed by atoms with Gasteiger partial charge >= 0.3 is 0 Å². The zero-order valence-corrected chi connectivity index (χ0v) is 9.66. The van der Waals surface area contributed by atoms with Gasteiger partial charge in [-0.3, -0.25) is 0 Å². The number of benzene rings is 2. The van der Waals surface area contributed by atoms with Crippen LogP contribution in [0.5, 0.6) is 5.75 Å². The molecule has 0 spiro atoms. The lowest BCUT2D eigenvalue weighted by molar-refractivity contribution is 0.283. The third-order valence-corrected chi connectivity index (χ3v) is 2.46. The van der Waals surface area contributed by atoms with Crippen molar-refractivity contribution in [2.45, 2.75) is 6.61 Å². The Morgan fingerprint density at radius 2 is 1.79 bits per heavy atom. The minimum atomic E-state index is -0.726. The Morgan fingerprint density at radius 1 is 1.00 bits per heavy atom. The van der Waals surface area contributed by atoms with E-state index < -0.39 is 17.5 Å². The molecule has 0 aliphatic rings. The molecule has 96 valence electrons. The lowest BCUT2D eigenvalue weighted by Crippen LogP contribution is -2.00. The van der Waals surface area contributed by atoms with Crippen LogP contribution in [0.4, 0.5) is 13.2 Å². The van der Waals surface area contributed by atoms with E-state index in [4.69, 9.17) is 10.00 Å². The molecule has 0 saturated carbocycles. The van der Waals surface area contributed by atoms with E-state index in [1.807, 2.05) is 0 Å². The van der Waals surface area contributed by atoms with Gasteiger partial charge in [0.1, 0.15) is 18.2 Å². The topological polar surface area (TPSA) is 33.0 Å². The van der Waals surface area contributed by atoms with Gasteiger partial charge in [-0.2, -0.15) is 5.26 Å². The SMILES string of the molecule is N#Cc1ccc(COc2cc(F)ccc2F)c(F)c1. The van der Waals surface area contributed by atoms with E-state index in [1.165, 1.54) is 12.1 Å². The molecule has 0 aliphatic carbocycles. The van der Waals surface area contributed by atoms with Gasteiger partial charge in [0.15, 0.2) is 11.6 Å². The lowest BCUT2D eigenvalue weighted by Gasteiger charge is -2.08. The summed E-state index contributed by atoms with van der Waals surface area (Å²) in [6, 6.07) is 8.42. The van der Waals surface area contributed by atoms with Crippen molar-refractivity contribution in [2.75, 3.05) is 0 Å². The summed E-state index contributed by atoms with van der Waals surface area (Å²) in [5.74, 6) is -2.29. The van der Waals surface area contributed by atoms with Crippen LogP contribution in [0.3, 0.4) is 0 Å². The zero-order chi connectivity index (χ0) is 13.8. The van der Waals surface area contributed by atoms with Crippen molar-refractivity contribution in [3.8, 4) is 11.8 Å². The van der Waals surface area contributed by atoms with Crippen LogP contribution in [-0.4, -0.2) is 0 Å². The predicted octanol–water partition coefficient (Wildman–Crippen LogP) is 3.55. The van der Waals surface area contributed by atoms with Crippen LogP contribution in [0.2, 0.25) is 0 Å². The van der Waals surface area contributed by atoms with Crippen LogP contribution in [0.1, 0.15) is 11.1 Å². The summed E-state index contributed by atoms with van der Waals surface area (Å²) in [4.78, 5) is 0. The molecular weight excluding hydrogens is 255 g/mol. The van der Waals surface area contributed by atoms with Gasteiger partial charge in [0.25, 0.3) is 0 Å². The quantitative estimate of drug-likeness (QED) is 0.848. The second-order valence-corrected chi connectivity index (χ2v) is 3.78. The van der Waals surface area contributed by atoms with Gasteiger partial charge in [-0.1, -0.05) is 6.07 Å². The average Bonchev–Trinajstić information content (AvgIpc) is 2.40. The van der Waals surface area contributed by atoms with Crippen LogP contribution in [0.15, 0.2) is 36.4 Å². The van der Waals surface area contributed by atoms with Crippen molar-refractivity contribution in [1.82, 2.24) is 0 Å². The maximum absolute atomic E-state index is 13.5. The van der Waals surface area contributed by atoms with Gasteiger partial charge in [0.05, 0.1) is 11.6 Å². The van der Waals surface area contributed by atoms with Gasteiger partial charge in [0, 0.05) is 11.6 Å². The molecule has 0 fully saturated rings. The smallest absolute Gasteiger partial charge is 0.165 e. The molecule has 0 N–H and O–H groups in total. The van der Waals surface area contributed by atoms with Gasteiger partial charge < -0.3 is 4.74 Å². The second-order valence-electron chi connectivity index (χ2n) is 3.78. The molecule has 2 aromatic carbocycles. The molecule has 0 amide bonds. The Bertz CT molecular complexity index is 650. The van der Waals surface area contributed by atoms with Crippen molar-refractivity contribution in [3.63, 3.8) is 0 Å². The Hall–Kier alpha value is -2.48. The number of hydrogen-bond acceptors (Lipinski definition) is 2. The van der Waals surface area contributed by atoms with Gasteiger partial charge in [0.2, 0.25) is 0 Å². The van der Waals surface area contributed by atoms with E-state index >= 15 is 0 Å². The van der Waals surface area contributed by atoms with E-state index in [1.54, 1.807) is 6.07 Å². The number of rotatable bonds is 3. The summed E-state index contributed by atoms with van der Waals surface area (Å²) in [6.07, 6.45) is 0. The first-order valence-corrected chi connectivity index (χ1v) is 5.36. The highest BCUT2D eigenvalue weighted by atomic mass is 19.1. The molecule has 0 atom stereocenters. The molecule has 0 heterocycles. The molecule has 0 aliphatic heterocycles. The first-order valence-electron chi connectivity index (χ1n) is 5.36. The lowest BCUT2D eigenvalue weighted by atomic mass is 10.1. The summed E-state index contributed by atoms with van der Waals surface area (Å²) < 4.78 is 44.7. The first kappa shape index (κ1) is 13.0. The molecule has 0 radical (unpaired) electrons. The molecule has 5 heteroatoms. The summed E-state index contributed by atoms with van der Waals surface area (Å²) >= 11 is 0. The van der Waals surface area contributed by atoms with Crippen LogP contribution >= 0.6 is 0 Å². The second kappa shape index (κ2) is 5.44. The number of nitriles is 1. The molecule has 19 heavy (non-hydrogen) atoms. The molecule has 0 aromatic heterocycles. The third kappa shape index (κ3) is 3.05. The summed E-state index contributed by atoms with van der Waals surface area (Å²) in [7, 11) is 0. The summed E-state index contributed by atoms with van der Waals surface area (Å²) in [6.45, 7) is -0.252. The monoisotopic (exact) mass is 263 g/mol. The Labute approximate surface area is 107 Å². The van der Waals surface area contributed by atoms with E-state index in [-0.39, 0.29) is 23.5 Å². The highest BCUT2D eigenvalue weighted by Gasteiger charge is 2.08. The Balaban J connectivity index is 2.15. The van der Waals surface area contributed by atoms with Crippen LogP contribution in [0.25, 0.3) is 0 Å². The van der Waals surface area contributed by atoms with Crippen molar-refractivity contribution < 1.29 is 17.9 Å². The van der Waals surface area contributed by atoms with Crippen LogP contribution < -0.4 is 4.74 Å². The normalized spacial score (nSPS) is 10.0. The summed E-state index contributed by atoms with van der Waals surface area (Å²) in [5, 5.41) is 8.59. The molecule has 0 bridgehead atoms. The molecule has 0 unspecified atom stereocenters. The number of halogens is 3. The molecule has 2 nitrogen and oxygen atoms in total. The van der Waals surface area contributed by atoms with Crippen molar-refractivity contribution in [2.24, 2.45) is 0 Å². The van der Waals surface area contributed by atoms with Crippen LogP contribution in [-0.2, 0) is 6.61 Å². The number of ether oxygens (including phenoxy) is 1. The van der Waals surface area contributed by atoms with E-state index in [9.17, 15) is 13.2 Å². The first-order chi connectivity index (χ1) is 9.10. The Morgan fingerprint density at radius 3 is 2.47 bits per heavy atom. The minimum Gasteiger partial charge on any atom is -0.486 e. The van der Waals surface area contributed by atoms with E-state index in [0.29, 0.717) is 0 Å². The van der Waals surface area contributed by atoms with Crippen molar-refractivity contribution >= 4 is 0 Å². The fourth-order valence-electron chi connectivity index (χ4n) is 1.48. The van der Waals surface area contributed by atoms with Gasteiger partial charge in [-0.15, -0.1) is 0 Å². The minimum absolute atomic E-state index is 0.155. The highest BCUT2D eigenvalue weighted by Crippen LogP contribution is 2.20. The predicted molar refractivity (Wildman–Crippen MR) is 61.8 cm³/mol. The van der Waals surface area contributed by atoms with E-state index in [2.05, 4.69) is 0 Å². The zero-order valence-electron chi connectivity index (χ0n) is 9.66. The van der Waals surface area contributed by atoms with E-state index in [0.717, 1.165) is 24.3 Å². The number of hydrogen-bond donors (Lipinski definition) is 0. The largest absolute Gasteiger partial charge is 0.486 e. The molecule has 0 saturated heterocycles. The third-order valence-electron chi connectivity index (χ3n) is 2.46. The molecule has 2 aromatic rings. The van der Waals surface area contributed by atoms with Crippen molar-refractivity contribution in [1.29, 1.82) is 5.26 Å². The average molecular weight is 263 g/mol. The van der Waals surface area contributed by atoms with Crippen molar-refractivity contribution in [3.05, 3.63) is 65.0 Å².